The number of aliphatic hydroxyl groups is 1. The van der Waals surface area contributed by atoms with Crippen molar-refractivity contribution in [1.29, 1.82) is 0 Å². The van der Waals surface area contributed by atoms with Crippen LogP contribution in [0.4, 0.5) is 5.69 Å². The van der Waals surface area contributed by atoms with E-state index < -0.39 is 17.7 Å². The zero-order valence-electron chi connectivity index (χ0n) is 18.3. The molecule has 5 heteroatoms. The van der Waals surface area contributed by atoms with Crippen LogP contribution in [0.2, 0.25) is 0 Å². The molecule has 0 bridgehead atoms. The highest BCUT2D eigenvalue weighted by atomic mass is 16.3. The quantitative estimate of drug-likeness (QED) is 0.263. The van der Waals surface area contributed by atoms with Crippen molar-refractivity contribution in [2.75, 3.05) is 4.90 Å². The Morgan fingerprint density at radius 2 is 1.61 bits per heavy atom. The number of hydrogen-bond acceptors (Lipinski definition) is 4. The summed E-state index contributed by atoms with van der Waals surface area (Å²) in [5.41, 5.74) is 3.76. The van der Waals surface area contributed by atoms with Gasteiger partial charge in [0.15, 0.2) is 0 Å². The molecule has 4 aromatic rings. The van der Waals surface area contributed by atoms with Crippen molar-refractivity contribution in [1.82, 2.24) is 4.98 Å². The third kappa shape index (κ3) is 3.48. The number of hydrogen-bond donors (Lipinski definition) is 1. The first-order chi connectivity index (χ1) is 16.0. The van der Waals surface area contributed by atoms with Crippen molar-refractivity contribution in [3.05, 3.63) is 113 Å². The van der Waals surface area contributed by atoms with Gasteiger partial charge >= 0.3 is 0 Å². The maximum atomic E-state index is 13.3. The van der Waals surface area contributed by atoms with Crippen molar-refractivity contribution < 1.29 is 14.7 Å². The fourth-order valence-electron chi connectivity index (χ4n) is 4.41. The van der Waals surface area contributed by atoms with Gasteiger partial charge in [0.05, 0.1) is 11.6 Å². The average molecular weight is 434 g/mol. The molecule has 1 fully saturated rings. The van der Waals surface area contributed by atoms with Crippen LogP contribution in [0.1, 0.15) is 28.3 Å². The third-order valence-electron chi connectivity index (χ3n) is 6.11. The molecule has 0 radical (unpaired) electrons. The SMILES string of the molecule is Cc1ccc(C)c(N2C(=O)C(=O)/C(=C(\O)c3ccc4ccccc4c3)C2c2ccncc2)c1. The number of ketones is 1. The van der Waals surface area contributed by atoms with Gasteiger partial charge in [0.25, 0.3) is 11.7 Å². The highest BCUT2D eigenvalue weighted by Gasteiger charge is 2.47. The molecule has 0 spiro atoms. The number of aliphatic hydroxyl groups excluding tert-OH is 1. The van der Waals surface area contributed by atoms with Crippen LogP contribution in [0, 0.1) is 13.8 Å². The van der Waals surface area contributed by atoms with E-state index in [-0.39, 0.29) is 11.3 Å². The number of rotatable bonds is 3. The lowest BCUT2D eigenvalue weighted by Gasteiger charge is -2.27. The van der Waals surface area contributed by atoms with Crippen LogP contribution in [0.5, 0.6) is 0 Å². The molecule has 5 nitrogen and oxygen atoms in total. The first-order valence-corrected chi connectivity index (χ1v) is 10.7. The van der Waals surface area contributed by atoms with Crippen LogP contribution in [-0.4, -0.2) is 21.8 Å². The molecule has 162 valence electrons. The Kier molecular flexibility index (Phi) is 5.02. The predicted octanol–water partition coefficient (Wildman–Crippen LogP) is 5.48. The predicted molar refractivity (Wildman–Crippen MR) is 129 cm³/mol. The Morgan fingerprint density at radius 1 is 0.879 bits per heavy atom. The van der Waals surface area contributed by atoms with Gasteiger partial charge in [0, 0.05) is 23.6 Å². The maximum absolute atomic E-state index is 13.3. The number of Topliss-reactive ketones (excluding diaryl/α,β-unsaturated/α-hetero) is 1. The summed E-state index contributed by atoms with van der Waals surface area (Å²) in [6.07, 6.45) is 3.24. The first-order valence-electron chi connectivity index (χ1n) is 10.7. The van der Waals surface area contributed by atoms with Crippen molar-refractivity contribution in [2.45, 2.75) is 19.9 Å². The molecule has 1 amide bonds. The number of benzene rings is 3. The van der Waals surface area contributed by atoms with E-state index in [1.54, 1.807) is 30.6 Å². The molecule has 1 N–H and O–H groups in total. The second-order valence-corrected chi connectivity index (χ2v) is 8.30. The normalized spacial score (nSPS) is 17.6. The van der Waals surface area contributed by atoms with Gasteiger partial charge in [0.1, 0.15) is 5.76 Å². The summed E-state index contributed by atoms with van der Waals surface area (Å²) in [7, 11) is 0. The minimum Gasteiger partial charge on any atom is -0.507 e. The molecular weight excluding hydrogens is 412 g/mol. The second-order valence-electron chi connectivity index (χ2n) is 8.30. The van der Waals surface area contributed by atoms with Crippen LogP contribution in [0.25, 0.3) is 16.5 Å². The largest absolute Gasteiger partial charge is 0.507 e. The standard InChI is InChI=1S/C28H22N2O3/c1-17-7-8-18(2)23(15-17)30-25(20-11-13-29-14-12-20)24(27(32)28(30)33)26(31)22-10-9-19-5-3-4-6-21(19)16-22/h3-16,25,31H,1-2H3/b26-24-. The lowest BCUT2D eigenvalue weighted by molar-refractivity contribution is -0.132. The van der Waals surface area contributed by atoms with E-state index in [1.165, 1.54) is 4.90 Å². The van der Waals surface area contributed by atoms with E-state index in [2.05, 4.69) is 4.98 Å². The highest BCUT2D eigenvalue weighted by Crippen LogP contribution is 2.43. The van der Waals surface area contributed by atoms with E-state index in [0.29, 0.717) is 16.8 Å². The van der Waals surface area contributed by atoms with Crippen LogP contribution >= 0.6 is 0 Å². The highest BCUT2D eigenvalue weighted by molar-refractivity contribution is 6.51. The molecule has 2 heterocycles. The van der Waals surface area contributed by atoms with Crippen LogP contribution in [0.15, 0.2) is 90.8 Å². The summed E-state index contributed by atoms with van der Waals surface area (Å²) in [6, 6.07) is 21.8. The number of carbonyl (C=O) groups is 2. The topological polar surface area (TPSA) is 70.5 Å². The summed E-state index contributed by atoms with van der Waals surface area (Å²) in [4.78, 5) is 32.2. The molecule has 33 heavy (non-hydrogen) atoms. The summed E-state index contributed by atoms with van der Waals surface area (Å²) in [6.45, 7) is 3.84. The van der Waals surface area contributed by atoms with Gasteiger partial charge in [-0.05, 0) is 65.6 Å². The van der Waals surface area contributed by atoms with E-state index in [4.69, 9.17) is 0 Å². The van der Waals surface area contributed by atoms with Gasteiger partial charge in [-0.15, -0.1) is 0 Å². The van der Waals surface area contributed by atoms with Crippen molar-refractivity contribution in [3.63, 3.8) is 0 Å². The zero-order valence-corrected chi connectivity index (χ0v) is 18.3. The van der Waals surface area contributed by atoms with Gasteiger partial charge in [-0.25, -0.2) is 0 Å². The summed E-state index contributed by atoms with van der Waals surface area (Å²) >= 11 is 0. The van der Waals surface area contributed by atoms with Crippen molar-refractivity contribution >= 4 is 33.9 Å². The average Bonchev–Trinajstić information content (AvgIpc) is 3.10. The van der Waals surface area contributed by atoms with Gasteiger partial charge in [-0.1, -0.05) is 48.5 Å². The molecule has 1 saturated heterocycles. The van der Waals surface area contributed by atoms with E-state index in [9.17, 15) is 14.7 Å². The number of amides is 1. The zero-order chi connectivity index (χ0) is 23.1. The molecule has 1 atom stereocenters. The Morgan fingerprint density at radius 3 is 2.36 bits per heavy atom. The summed E-state index contributed by atoms with van der Waals surface area (Å²) < 4.78 is 0. The van der Waals surface area contributed by atoms with Gasteiger partial charge in [-0.3, -0.25) is 19.5 Å². The molecule has 5 rings (SSSR count). The smallest absolute Gasteiger partial charge is 0.300 e. The lowest BCUT2D eigenvalue weighted by atomic mass is 9.94. The number of nitrogens with zero attached hydrogens (tertiary/aromatic N) is 2. The number of carbonyl (C=O) groups excluding carboxylic acids is 2. The van der Waals surface area contributed by atoms with Crippen molar-refractivity contribution in [3.8, 4) is 0 Å². The molecule has 1 aromatic heterocycles. The second kappa shape index (κ2) is 8.02. The first kappa shape index (κ1) is 20.6. The van der Waals surface area contributed by atoms with Gasteiger partial charge in [-0.2, -0.15) is 0 Å². The monoisotopic (exact) mass is 434 g/mol. The van der Waals surface area contributed by atoms with E-state index >= 15 is 0 Å². The minimum absolute atomic E-state index is 0.0717. The van der Waals surface area contributed by atoms with E-state index in [0.717, 1.165) is 21.9 Å². The molecule has 1 unspecified atom stereocenters. The molecule has 3 aromatic carbocycles. The Labute approximate surface area is 191 Å². The fourth-order valence-corrected chi connectivity index (χ4v) is 4.41. The Bertz CT molecular complexity index is 1440. The minimum atomic E-state index is -0.764. The Hall–Kier alpha value is -4.25. The van der Waals surface area contributed by atoms with Gasteiger partial charge < -0.3 is 5.11 Å². The van der Waals surface area contributed by atoms with Gasteiger partial charge in [0.2, 0.25) is 0 Å². The number of aryl methyl sites for hydroxylation is 2. The van der Waals surface area contributed by atoms with Crippen molar-refractivity contribution in [2.24, 2.45) is 0 Å². The molecule has 1 aliphatic heterocycles. The third-order valence-corrected chi connectivity index (χ3v) is 6.11. The molecular formula is C28H22N2O3. The van der Waals surface area contributed by atoms with Crippen LogP contribution < -0.4 is 4.90 Å². The maximum Gasteiger partial charge on any atom is 0.300 e. The molecule has 0 aliphatic carbocycles. The fraction of sp³-hybridized carbons (Fsp3) is 0.107. The lowest BCUT2D eigenvalue weighted by Crippen LogP contribution is -2.30. The Balaban J connectivity index is 1.75. The summed E-state index contributed by atoms with van der Waals surface area (Å²) in [5, 5.41) is 13.3. The van der Waals surface area contributed by atoms with Crippen LogP contribution in [-0.2, 0) is 9.59 Å². The number of anilines is 1. The van der Waals surface area contributed by atoms with E-state index in [1.807, 2.05) is 68.4 Å². The number of fused-ring (bicyclic) bond motifs is 1. The molecule has 1 aliphatic rings. The van der Waals surface area contributed by atoms with Crippen LogP contribution in [0.3, 0.4) is 0 Å². The molecule has 0 saturated carbocycles. The number of pyridine rings is 1. The summed E-state index contributed by atoms with van der Waals surface area (Å²) in [5.74, 6) is -1.55. The number of aromatic nitrogens is 1.